The molecule has 0 radical (unpaired) electrons. The van der Waals surface area contributed by atoms with Crippen molar-refractivity contribution in [3.63, 3.8) is 0 Å². The molecule has 0 heterocycles. The first-order valence-electron chi connectivity index (χ1n) is 5.32. The molecule has 0 saturated heterocycles. The highest BCUT2D eigenvalue weighted by Crippen LogP contribution is 2.22. The molecule has 1 rings (SSSR count). The maximum atomic E-state index is 13.6. The van der Waals surface area contributed by atoms with Gasteiger partial charge in [-0.1, -0.05) is 6.07 Å². The van der Waals surface area contributed by atoms with Crippen LogP contribution in [0.1, 0.15) is 25.5 Å². The lowest BCUT2D eigenvalue weighted by Crippen LogP contribution is -2.20. The van der Waals surface area contributed by atoms with E-state index in [1.807, 2.05) is 13.8 Å². The SMILES string of the molecule is CNC(CO)c1ccc(OC(C)C)c(F)c1. The van der Waals surface area contributed by atoms with Crippen LogP contribution in [-0.2, 0) is 0 Å². The average Bonchev–Trinajstić information content (AvgIpc) is 2.23. The standard InChI is InChI=1S/C12H18FNO2/c1-8(2)16-12-5-4-9(6-10(12)13)11(7-15)14-3/h4-6,8,11,14-15H,7H2,1-3H3. The lowest BCUT2D eigenvalue weighted by molar-refractivity contribution is 0.230. The number of halogens is 1. The molecule has 1 aromatic rings. The summed E-state index contributed by atoms with van der Waals surface area (Å²) in [5.74, 6) is -0.161. The predicted octanol–water partition coefficient (Wildman–Crippen LogP) is 1.87. The van der Waals surface area contributed by atoms with E-state index in [1.165, 1.54) is 6.07 Å². The highest BCUT2D eigenvalue weighted by Gasteiger charge is 2.12. The summed E-state index contributed by atoms with van der Waals surface area (Å²) in [5.41, 5.74) is 0.707. The van der Waals surface area contributed by atoms with Gasteiger partial charge >= 0.3 is 0 Å². The van der Waals surface area contributed by atoms with Crippen molar-refractivity contribution in [1.29, 1.82) is 0 Å². The van der Waals surface area contributed by atoms with Crippen LogP contribution in [0.4, 0.5) is 4.39 Å². The summed E-state index contributed by atoms with van der Waals surface area (Å²) in [4.78, 5) is 0. The predicted molar refractivity (Wildman–Crippen MR) is 61.1 cm³/mol. The quantitative estimate of drug-likeness (QED) is 0.806. The first kappa shape index (κ1) is 12.9. The van der Waals surface area contributed by atoms with Crippen LogP contribution in [0.3, 0.4) is 0 Å². The van der Waals surface area contributed by atoms with Crippen LogP contribution in [0.25, 0.3) is 0 Å². The Kier molecular flexibility index (Phi) is 4.71. The second-order valence-corrected chi connectivity index (χ2v) is 3.88. The maximum absolute atomic E-state index is 13.6. The van der Waals surface area contributed by atoms with Crippen molar-refractivity contribution >= 4 is 0 Å². The molecule has 0 spiro atoms. The van der Waals surface area contributed by atoms with Gasteiger partial charge in [0.15, 0.2) is 11.6 Å². The van der Waals surface area contributed by atoms with Crippen molar-refractivity contribution in [2.75, 3.05) is 13.7 Å². The lowest BCUT2D eigenvalue weighted by atomic mass is 10.1. The average molecular weight is 227 g/mol. The number of rotatable bonds is 5. The van der Waals surface area contributed by atoms with Gasteiger partial charge in [-0.25, -0.2) is 4.39 Å². The Morgan fingerprint density at radius 3 is 2.56 bits per heavy atom. The summed E-state index contributed by atoms with van der Waals surface area (Å²) < 4.78 is 18.9. The molecule has 2 N–H and O–H groups in total. The van der Waals surface area contributed by atoms with Crippen LogP contribution >= 0.6 is 0 Å². The lowest BCUT2D eigenvalue weighted by Gasteiger charge is -2.16. The number of benzene rings is 1. The van der Waals surface area contributed by atoms with Crippen LogP contribution in [0.2, 0.25) is 0 Å². The van der Waals surface area contributed by atoms with Crippen molar-refractivity contribution < 1.29 is 14.2 Å². The Morgan fingerprint density at radius 1 is 1.44 bits per heavy atom. The summed E-state index contributed by atoms with van der Waals surface area (Å²) in [6, 6.07) is 4.47. The summed E-state index contributed by atoms with van der Waals surface area (Å²) in [5, 5.41) is 12.0. The summed E-state index contributed by atoms with van der Waals surface area (Å²) in [7, 11) is 1.72. The molecule has 90 valence electrons. The number of aliphatic hydroxyl groups is 1. The highest BCUT2D eigenvalue weighted by atomic mass is 19.1. The molecule has 0 aliphatic heterocycles. The first-order chi connectivity index (χ1) is 7.58. The van der Waals surface area contributed by atoms with E-state index in [9.17, 15) is 4.39 Å². The number of ether oxygens (including phenoxy) is 1. The molecule has 4 heteroatoms. The van der Waals surface area contributed by atoms with Gasteiger partial charge in [0.05, 0.1) is 18.8 Å². The molecule has 3 nitrogen and oxygen atoms in total. The monoisotopic (exact) mass is 227 g/mol. The number of hydrogen-bond donors (Lipinski definition) is 2. The van der Waals surface area contributed by atoms with E-state index in [0.29, 0.717) is 5.56 Å². The minimum Gasteiger partial charge on any atom is -0.488 e. The van der Waals surface area contributed by atoms with Crippen LogP contribution in [-0.4, -0.2) is 24.9 Å². The molecule has 0 aliphatic carbocycles. The van der Waals surface area contributed by atoms with Crippen molar-refractivity contribution in [1.82, 2.24) is 5.32 Å². The zero-order valence-corrected chi connectivity index (χ0v) is 9.83. The smallest absolute Gasteiger partial charge is 0.165 e. The molecular formula is C12H18FNO2. The topological polar surface area (TPSA) is 41.5 Å². The van der Waals surface area contributed by atoms with Gasteiger partial charge in [0.2, 0.25) is 0 Å². The second kappa shape index (κ2) is 5.82. The van der Waals surface area contributed by atoms with Crippen LogP contribution in [0, 0.1) is 5.82 Å². The van der Waals surface area contributed by atoms with E-state index >= 15 is 0 Å². The van der Waals surface area contributed by atoms with Gasteiger partial charge in [0.25, 0.3) is 0 Å². The first-order valence-corrected chi connectivity index (χ1v) is 5.32. The molecule has 1 atom stereocenters. The van der Waals surface area contributed by atoms with Crippen LogP contribution < -0.4 is 10.1 Å². The molecule has 0 aliphatic rings. The molecule has 16 heavy (non-hydrogen) atoms. The van der Waals surface area contributed by atoms with Crippen LogP contribution in [0.5, 0.6) is 5.75 Å². The maximum Gasteiger partial charge on any atom is 0.165 e. The van der Waals surface area contributed by atoms with Crippen molar-refractivity contribution in [2.24, 2.45) is 0 Å². The number of hydrogen-bond acceptors (Lipinski definition) is 3. The summed E-state index contributed by atoms with van der Waals surface area (Å²) >= 11 is 0. The van der Waals surface area contributed by atoms with Crippen molar-refractivity contribution in [2.45, 2.75) is 26.0 Å². The normalized spacial score (nSPS) is 12.9. The third kappa shape index (κ3) is 3.18. The fourth-order valence-electron chi connectivity index (χ4n) is 1.45. The van der Waals surface area contributed by atoms with Gasteiger partial charge < -0.3 is 15.2 Å². The molecule has 0 aromatic heterocycles. The number of nitrogens with one attached hydrogen (secondary N) is 1. The van der Waals surface area contributed by atoms with E-state index in [0.717, 1.165) is 0 Å². The number of likely N-dealkylation sites (N-methyl/N-ethyl adjacent to an activating group) is 1. The fourth-order valence-corrected chi connectivity index (χ4v) is 1.45. The van der Waals surface area contributed by atoms with E-state index in [1.54, 1.807) is 19.2 Å². The Bertz CT molecular complexity index is 338. The second-order valence-electron chi connectivity index (χ2n) is 3.88. The van der Waals surface area contributed by atoms with E-state index in [2.05, 4.69) is 5.32 Å². The highest BCUT2D eigenvalue weighted by molar-refractivity contribution is 5.31. The Morgan fingerprint density at radius 2 is 2.12 bits per heavy atom. The third-order valence-electron chi connectivity index (χ3n) is 2.25. The Labute approximate surface area is 95.2 Å². The largest absolute Gasteiger partial charge is 0.488 e. The van der Waals surface area contributed by atoms with Gasteiger partial charge in [-0.3, -0.25) is 0 Å². The Balaban J connectivity index is 2.89. The van der Waals surface area contributed by atoms with Gasteiger partial charge in [-0.15, -0.1) is 0 Å². The fraction of sp³-hybridized carbons (Fsp3) is 0.500. The molecular weight excluding hydrogens is 209 g/mol. The zero-order chi connectivity index (χ0) is 12.1. The summed E-state index contributed by atoms with van der Waals surface area (Å²) in [6.45, 7) is 3.62. The number of aliphatic hydroxyl groups excluding tert-OH is 1. The van der Waals surface area contributed by atoms with E-state index in [4.69, 9.17) is 9.84 Å². The molecule has 0 amide bonds. The van der Waals surface area contributed by atoms with Gasteiger partial charge in [0, 0.05) is 0 Å². The summed E-state index contributed by atoms with van der Waals surface area (Å²) in [6.07, 6.45) is -0.0571. The van der Waals surface area contributed by atoms with Crippen LogP contribution in [0.15, 0.2) is 18.2 Å². The molecule has 0 fully saturated rings. The molecule has 1 aromatic carbocycles. The molecule has 0 saturated carbocycles. The van der Waals surface area contributed by atoms with Crippen molar-refractivity contribution in [3.8, 4) is 5.75 Å². The van der Waals surface area contributed by atoms with Gasteiger partial charge in [-0.2, -0.15) is 0 Å². The minimum atomic E-state index is -0.403. The van der Waals surface area contributed by atoms with Crippen molar-refractivity contribution in [3.05, 3.63) is 29.6 Å². The van der Waals surface area contributed by atoms with Gasteiger partial charge in [0.1, 0.15) is 0 Å². The minimum absolute atomic E-state index is 0.0571. The van der Waals surface area contributed by atoms with E-state index in [-0.39, 0.29) is 24.5 Å². The van der Waals surface area contributed by atoms with E-state index < -0.39 is 5.82 Å². The Hall–Kier alpha value is -1.13. The zero-order valence-electron chi connectivity index (χ0n) is 9.83. The molecule has 0 bridgehead atoms. The van der Waals surface area contributed by atoms with Gasteiger partial charge in [-0.05, 0) is 38.6 Å². The third-order valence-corrected chi connectivity index (χ3v) is 2.25. The molecule has 1 unspecified atom stereocenters.